The highest BCUT2D eigenvalue weighted by molar-refractivity contribution is 6.09. The molecule has 8 rings (SSSR count). The van der Waals surface area contributed by atoms with Crippen LogP contribution in [0.1, 0.15) is 83.4 Å². The van der Waals surface area contributed by atoms with Crippen molar-refractivity contribution in [2.45, 2.75) is 78.2 Å². The number of para-hydroxylation sites is 2. The van der Waals surface area contributed by atoms with Crippen LogP contribution in [0.25, 0.3) is 38.6 Å². The Morgan fingerprint density at radius 3 is 2.21 bits per heavy atom. The molecular formula is C45H45N3. The number of nitrogens with zero attached hydrogens (tertiary/aromatic N) is 3. The summed E-state index contributed by atoms with van der Waals surface area (Å²) < 4.78 is 2.39. The Bertz CT molecular complexity index is 2230. The van der Waals surface area contributed by atoms with Gasteiger partial charge in [-0.25, -0.2) is 0 Å². The van der Waals surface area contributed by atoms with Crippen LogP contribution in [0.4, 0.5) is 11.4 Å². The molecule has 0 saturated heterocycles. The highest BCUT2D eigenvalue weighted by Crippen LogP contribution is 2.55. The van der Waals surface area contributed by atoms with Gasteiger partial charge < -0.3 is 9.47 Å². The van der Waals surface area contributed by atoms with Crippen molar-refractivity contribution in [1.82, 2.24) is 4.57 Å². The third kappa shape index (κ3) is 5.01. The predicted octanol–water partition coefficient (Wildman–Crippen LogP) is 12.1. The minimum atomic E-state index is 0.0720. The number of aromatic nitrogens is 1. The van der Waals surface area contributed by atoms with Crippen LogP contribution in [-0.2, 0) is 5.41 Å². The molecule has 3 nitrogen and oxygen atoms in total. The molecule has 2 heterocycles. The first-order chi connectivity index (χ1) is 23.0. The molecule has 3 heteroatoms. The highest BCUT2D eigenvalue weighted by atomic mass is 15.2. The maximum Gasteiger partial charge on any atom is 0.0992 e. The van der Waals surface area contributed by atoms with E-state index >= 15 is 0 Å². The SMILES string of the molecule is CC(C)(C)c1ccc2c(c1)c1ccccc1n2-c1cccc(-c2cc(C#N)cc(N3c4ccccc4C4CC(C(C)(C)C)CCC43)c2)c1. The number of hydrogen-bond acceptors (Lipinski definition) is 2. The van der Waals surface area contributed by atoms with Gasteiger partial charge in [0.2, 0.25) is 0 Å². The molecule has 48 heavy (non-hydrogen) atoms. The van der Waals surface area contributed by atoms with E-state index in [4.69, 9.17) is 0 Å². The molecule has 240 valence electrons. The summed E-state index contributed by atoms with van der Waals surface area (Å²) in [6.07, 6.45) is 3.61. The molecule has 2 aliphatic rings. The maximum absolute atomic E-state index is 10.3. The van der Waals surface area contributed by atoms with Crippen LogP contribution in [-0.4, -0.2) is 10.6 Å². The smallest absolute Gasteiger partial charge is 0.0992 e. The van der Waals surface area contributed by atoms with Crippen molar-refractivity contribution in [1.29, 1.82) is 5.26 Å². The number of fused-ring (bicyclic) bond motifs is 6. The summed E-state index contributed by atoms with van der Waals surface area (Å²) in [5.41, 5.74) is 12.0. The second-order valence-corrected chi connectivity index (χ2v) is 16.2. The van der Waals surface area contributed by atoms with E-state index in [-0.39, 0.29) is 5.41 Å². The molecule has 3 unspecified atom stereocenters. The first-order valence-electron chi connectivity index (χ1n) is 17.6. The molecule has 1 aliphatic heterocycles. The van der Waals surface area contributed by atoms with Gasteiger partial charge in [-0.2, -0.15) is 5.26 Å². The molecule has 6 aromatic rings. The summed E-state index contributed by atoms with van der Waals surface area (Å²) in [4.78, 5) is 2.56. The predicted molar refractivity (Wildman–Crippen MR) is 202 cm³/mol. The van der Waals surface area contributed by atoms with Crippen LogP contribution in [0, 0.1) is 22.7 Å². The fourth-order valence-electron chi connectivity index (χ4n) is 8.64. The third-order valence-electron chi connectivity index (χ3n) is 11.3. The van der Waals surface area contributed by atoms with Crippen molar-refractivity contribution in [3.05, 3.63) is 126 Å². The lowest BCUT2D eigenvalue weighted by Gasteiger charge is -2.42. The average molecular weight is 628 g/mol. The molecule has 1 aromatic heterocycles. The quantitative estimate of drug-likeness (QED) is 0.195. The zero-order valence-corrected chi connectivity index (χ0v) is 29.1. The molecule has 1 fully saturated rings. The molecule has 1 aliphatic carbocycles. The van der Waals surface area contributed by atoms with Crippen molar-refractivity contribution in [2.24, 2.45) is 11.3 Å². The second kappa shape index (κ2) is 11.1. The summed E-state index contributed by atoms with van der Waals surface area (Å²) in [6, 6.07) is 42.9. The van der Waals surface area contributed by atoms with E-state index < -0.39 is 0 Å². The van der Waals surface area contributed by atoms with Crippen molar-refractivity contribution in [3.8, 4) is 22.9 Å². The van der Waals surface area contributed by atoms with Crippen molar-refractivity contribution >= 4 is 33.2 Å². The van der Waals surface area contributed by atoms with Crippen LogP contribution < -0.4 is 4.90 Å². The van der Waals surface area contributed by atoms with Gasteiger partial charge in [0.1, 0.15) is 0 Å². The highest BCUT2D eigenvalue weighted by Gasteiger charge is 2.45. The molecule has 0 bridgehead atoms. The number of benzene rings is 5. The second-order valence-electron chi connectivity index (χ2n) is 16.2. The summed E-state index contributed by atoms with van der Waals surface area (Å²) in [6.45, 7) is 14.0. The van der Waals surface area contributed by atoms with Gasteiger partial charge in [0.25, 0.3) is 0 Å². The Hall–Kier alpha value is -4.81. The minimum Gasteiger partial charge on any atom is -0.337 e. The Morgan fingerprint density at radius 1 is 0.667 bits per heavy atom. The first-order valence-corrected chi connectivity index (χ1v) is 17.6. The van der Waals surface area contributed by atoms with E-state index in [9.17, 15) is 5.26 Å². The van der Waals surface area contributed by atoms with Gasteiger partial charge in [-0.05, 0) is 113 Å². The summed E-state index contributed by atoms with van der Waals surface area (Å²) in [5.74, 6) is 1.21. The number of nitriles is 1. The third-order valence-corrected chi connectivity index (χ3v) is 11.3. The molecular weight excluding hydrogens is 583 g/mol. The molecule has 5 aromatic carbocycles. The Kier molecular flexibility index (Phi) is 7.08. The van der Waals surface area contributed by atoms with Crippen molar-refractivity contribution < 1.29 is 0 Å². The standard InChI is InChI=1S/C45H45N3/c1-44(2,3)32-18-20-42-38(26-32)36-14-7-9-16-40(36)47(42)34-13-11-12-30(24-34)31-22-29(28-46)23-35(25-31)48-41-17-10-8-15-37(41)39-27-33(45(4,5)6)19-21-43(39)48/h7-18,20,22-26,33,39,43H,19,21,27H2,1-6H3. The molecule has 1 saturated carbocycles. The van der Waals surface area contributed by atoms with Crippen molar-refractivity contribution in [3.63, 3.8) is 0 Å². The van der Waals surface area contributed by atoms with Gasteiger partial charge in [-0.15, -0.1) is 0 Å². The van der Waals surface area contributed by atoms with Crippen LogP contribution >= 0.6 is 0 Å². The molecule has 0 N–H and O–H groups in total. The largest absolute Gasteiger partial charge is 0.337 e. The van der Waals surface area contributed by atoms with Crippen LogP contribution in [0.5, 0.6) is 0 Å². The van der Waals surface area contributed by atoms with Crippen molar-refractivity contribution in [2.75, 3.05) is 4.90 Å². The Balaban J connectivity index is 1.24. The van der Waals surface area contributed by atoms with E-state index in [1.54, 1.807) is 0 Å². The normalized spacial score (nSPS) is 19.4. The number of hydrogen-bond donors (Lipinski definition) is 0. The van der Waals surface area contributed by atoms with Gasteiger partial charge in [0, 0.05) is 39.8 Å². The lowest BCUT2D eigenvalue weighted by Crippen LogP contribution is -2.38. The summed E-state index contributed by atoms with van der Waals surface area (Å²) in [7, 11) is 0. The monoisotopic (exact) mass is 627 g/mol. The molecule has 0 amide bonds. The van der Waals surface area contributed by atoms with Gasteiger partial charge in [0.05, 0.1) is 22.7 Å². The van der Waals surface area contributed by atoms with Gasteiger partial charge >= 0.3 is 0 Å². The van der Waals surface area contributed by atoms with Gasteiger partial charge in [-0.1, -0.05) is 96.1 Å². The zero-order valence-electron chi connectivity index (χ0n) is 29.1. The van der Waals surface area contributed by atoms with Crippen LogP contribution in [0.15, 0.2) is 109 Å². The van der Waals surface area contributed by atoms with Crippen LogP contribution in [0.2, 0.25) is 0 Å². The average Bonchev–Trinajstić information content (AvgIpc) is 3.59. The van der Waals surface area contributed by atoms with E-state index in [0.717, 1.165) is 28.9 Å². The summed E-state index contributed by atoms with van der Waals surface area (Å²) in [5, 5.41) is 12.8. The van der Waals surface area contributed by atoms with E-state index in [1.165, 1.54) is 51.5 Å². The fraction of sp³-hybridized carbons (Fsp3) is 0.311. The lowest BCUT2D eigenvalue weighted by molar-refractivity contribution is 0.158. The lowest BCUT2D eigenvalue weighted by atomic mass is 9.67. The molecule has 0 radical (unpaired) electrons. The van der Waals surface area contributed by atoms with E-state index in [1.807, 2.05) is 0 Å². The minimum absolute atomic E-state index is 0.0720. The maximum atomic E-state index is 10.3. The molecule has 3 atom stereocenters. The van der Waals surface area contributed by atoms with E-state index in [0.29, 0.717) is 28.9 Å². The molecule has 0 spiro atoms. The van der Waals surface area contributed by atoms with Gasteiger partial charge in [0.15, 0.2) is 0 Å². The Labute approximate surface area is 285 Å². The topological polar surface area (TPSA) is 32.0 Å². The zero-order chi connectivity index (χ0) is 33.4. The number of anilines is 2. The number of rotatable bonds is 3. The van der Waals surface area contributed by atoms with Gasteiger partial charge in [-0.3, -0.25) is 0 Å². The first kappa shape index (κ1) is 30.5. The Morgan fingerprint density at radius 2 is 1.42 bits per heavy atom. The van der Waals surface area contributed by atoms with E-state index in [2.05, 4.69) is 166 Å². The summed E-state index contributed by atoms with van der Waals surface area (Å²) >= 11 is 0. The van der Waals surface area contributed by atoms with Crippen LogP contribution in [0.3, 0.4) is 0 Å². The fourth-order valence-corrected chi connectivity index (χ4v) is 8.64.